The Morgan fingerprint density at radius 1 is 1.20 bits per heavy atom. The number of nitrogens with one attached hydrogen (secondary N) is 1. The highest BCUT2D eigenvalue weighted by molar-refractivity contribution is 5.44. The van der Waals surface area contributed by atoms with E-state index in [0.29, 0.717) is 6.54 Å². The maximum Gasteiger partial charge on any atom is 0.181 e. The molecule has 0 bridgehead atoms. The molecule has 1 rings (SSSR count). The van der Waals surface area contributed by atoms with Crippen LogP contribution in [-0.2, 0) is 0 Å². The van der Waals surface area contributed by atoms with Crippen LogP contribution in [0.2, 0.25) is 0 Å². The lowest BCUT2D eigenvalue weighted by atomic mass is 9.92. The first-order chi connectivity index (χ1) is 6.90. The molecule has 0 unspecified atom stereocenters. The zero-order chi connectivity index (χ0) is 11.5. The Morgan fingerprint density at radius 3 is 2.47 bits per heavy atom. The Kier molecular flexibility index (Phi) is 3.66. The minimum atomic E-state index is -0.809. The molecule has 0 atom stereocenters. The van der Waals surface area contributed by atoms with Gasteiger partial charge in [0.15, 0.2) is 11.6 Å². The molecular formula is C12H17F2N. The van der Waals surface area contributed by atoms with E-state index in [-0.39, 0.29) is 11.1 Å². The van der Waals surface area contributed by atoms with E-state index in [2.05, 4.69) is 26.1 Å². The van der Waals surface area contributed by atoms with Crippen molar-refractivity contribution >= 4 is 5.69 Å². The molecule has 0 fully saturated rings. The van der Waals surface area contributed by atoms with Gasteiger partial charge in [-0.15, -0.1) is 0 Å². The highest BCUT2D eigenvalue weighted by Crippen LogP contribution is 2.20. The molecule has 1 nitrogen and oxygen atoms in total. The van der Waals surface area contributed by atoms with E-state index in [1.165, 1.54) is 6.07 Å². The molecule has 0 radical (unpaired) electrons. The van der Waals surface area contributed by atoms with Gasteiger partial charge in [-0.2, -0.15) is 0 Å². The Balaban J connectivity index is 2.55. The lowest BCUT2D eigenvalue weighted by molar-refractivity contribution is 0.389. The largest absolute Gasteiger partial charge is 0.383 e. The van der Waals surface area contributed by atoms with Gasteiger partial charge in [-0.3, -0.25) is 0 Å². The minimum absolute atomic E-state index is 0.191. The molecule has 1 aromatic rings. The SMILES string of the molecule is CC(C)(C)CCNc1cccc(F)c1F. The van der Waals surface area contributed by atoms with Crippen LogP contribution < -0.4 is 5.32 Å². The van der Waals surface area contributed by atoms with Gasteiger partial charge in [0.25, 0.3) is 0 Å². The Hall–Kier alpha value is -1.12. The first-order valence-corrected chi connectivity index (χ1v) is 5.08. The molecular weight excluding hydrogens is 196 g/mol. The van der Waals surface area contributed by atoms with Crippen LogP contribution >= 0.6 is 0 Å². The molecule has 0 saturated heterocycles. The zero-order valence-corrected chi connectivity index (χ0v) is 9.40. The maximum atomic E-state index is 13.2. The van der Waals surface area contributed by atoms with Crippen molar-refractivity contribution in [2.75, 3.05) is 11.9 Å². The maximum absolute atomic E-state index is 13.2. The number of hydrogen-bond acceptors (Lipinski definition) is 1. The normalized spacial score (nSPS) is 11.5. The average Bonchev–Trinajstić information content (AvgIpc) is 2.10. The molecule has 0 saturated carbocycles. The Morgan fingerprint density at radius 2 is 1.87 bits per heavy atom. The average molecular weight is 213 g/mol. The van der Waals surface area contributed by atoms with Gasteiger partial charge >= 0.3 is 0 Å². The minimum Gasteiger partial charge on any atom is -0.383 e. The van der Waals surface area contributed by atoms with Crippen molar-refractivity contribution in [1.29, 1.82) is 0 Å². The Bertz CT molecular complexity index is 329. The van der Waals surface area contributed by atoms with Crippen molar-refractivity contribution in [3.63, 3.8) is 0 Å². The quantitative estimate of drug-likeness (QED) is 0.805. The smallest absolute Gasteiger partial charge is 0.181 e. The van der Waals surface area contributed by atoms with Gasteiger partial charge in [-0.25, -0.2) is 8.78 Å². The second-order valence-electron chi connectivity index (χ2n) is 4.84. The molecule has 0 aliphatic carbocycles. The number of hydrogen-bond donors (Lipinski definition) is 1. The first kappa shape index (κ1) is 12.0. The topological polar surface area (TPSA) is 12.0 Å². The number of halogens is 2. The number of rotatable bonds is 3. The van der Waals surface area contributed by atoms with Crippen LogP contribution in [0.5, 0.6) is 0 Å². The second-order valence-corrected chi connectivity index (χ2v) is 4.84. The van der Waals surface area contributed by atoms with Crippen molar-refractivity contribution < 1.29 is 8.78 Å². The second kappa shape index (κ2) is 4.60. The lowest BCUT2D eigenvalue weighted by Crippen LogP contribution is -2.13. The van der Waals surface area contributed by atoms with E-state index in [0.717, 1.165) is 12.5 Å². The third kappa shape index (κ3) is 3.86. The third-order valence-corrected chi connectivity index (χ3v) is 2.14. The molecule has 1 aromatic carbocycles. The van der Waals surface area contributed by atoms with E-state index in [1.54, 1.807) is 6.07 Å². The van der Waals surface area contributed by atoms with Crippen molar-refractivity contribution in [3.8, 4) is 0 Å². The molecule has 0 amide bonds. The van der Waals surface area contributed by atoms with Crippen LogP contribution in [0.1, 0.15) is 27.2 Å². The fraction of sp³-hybridized carbons (Fsp3) is 0.500. The molecule has 84 valence electrons. The molecule has 0 heterocycles. The van der Waals surface area contributed by atoms with Crippen LogP contribution in [0.4, 0.5) is 14.5 Å². The van der Waals surface area contributed by atoms with Gasteiger partial charge in [-0.05, 0) is 24.0 Å². The summed E-state index contributed by atoms with van der Waals surface area (Å²) in [4.78, 5) is 0. The summed E-state index contributed by atoms with van der Waals surface area (Å²) in [6.45, 7) is 6.97. The predicted octanol–water partition coefficient (Wildman–Crippen LogP) is 3.81. The summed E-state index contributed by atoms with van der Waals surface area (Å²) in [6.07, 6.45) is 0.906. The summed E-state index contributed by atoms with van der Waals surface area (Å²) < 4.78 is 26.0. The predicted molar refractivity (Wildman–Crippen MR) is 58.9 cm³/mol. The van der Waals surface area contributed by atoms with Crippen LogP contribution in [-0.4, -0.2) is 6.54 Å². The van der Waals surface area contributed by atoms with E-state index in [4.69, 9.17) is 0 Å². The third-order valence-electron chi connectivity index (χ3n) is 2.14. The van der Waals surface area contributed by atoms with Gasteiger partial charge in [0.2, 0.25) is 0 Å². The fourth-order valence-corrected chi connectivity index (χ4v) is 1.21. The van der Waals surface area contributed by atoms with Crippen LogP contribution in [0.25, 0.3) is 0 Å². The van der Waals surface area contributed by atoms with Gasteiger partial charge in [0.1, 0.15) is 0 Å². The van der Waals surface area contributed by atoms with Gasteiger partial charge in [0.05, 0.1) is 5.69 Å². The molecule has 15 heavy (non-hydrogen) atoms. The summed E-state index contributed by atoms with van der Waals surface area (Å²) in [5.41, 5.74) is 0.427. The van der Waals surface area contributed by atoms with E-state index < -0.39 is 11.6 Å². The summed E-state index contributed by atoms with van der Waals surface area (Å²) in [5, 5.41) is 2.90. The molecule has 0 aliphatic heterocycles. The standard InChI is InChI=1S/C12H17F2N/c1-12(2,3)7-8-15-10-6-4-5-9(13)11(10)14/h4-6,15H,7-8H2,1-3H3. The van der Waals surface area contributed by atoms with Crippen molar-refractivity contribution in [1.82, 2.24) is 0 Å². The van der Waals surface area contributed by atoms with E-state index >= 15 is 0 Å². The molecule has 0 aromatic heterocycles. The first-order valence-electron chi connectivity index (χ1n) is 5.08. The van der Waals surface area contributed by atoms with Crippen LogP contribution in [0.15, 0.2) is 18.2 Å². The number of benzene rings is 1. The van der Waals surface area contributed by atoms with Crippen LogP contribution in [0.3, 0.4) is 0 Å². The van der Waals surface area contributed by atoms with Gasteiger partial charge in [0, 0.05) is 6.54 Å². The highest BCUT2D eigenvalue weighted by atomic mass is 19.2. The highest BCUT2D eigenvalue weighted by Gasteiger charge is 2.11. The van der Waals surface area contributed by atoms with Crippen molar-refractivity contribution in [2.24, 2.45) is 5.41 Å². The van der Waals surface area contributed by atoms with Gasteiger partial charge in [-0.1, -0.05) is 26.8 Å². The molecule has 0 aliphatic rings. The summed E-state index contributed by atoms with van der Waals surface area (Å²) in [5.74, 6) is -1.61. The van der Waals surface area contributed by atoms with Crippen molar-refractivity contribution in [3.05, 3.63) is 29.8 Å². The Labute approximate surface area is 89.5 Å². The molecule has 0 spiro atoms. The lowest BCUT2D eigenvalue weighted by Gasteiger charge is -2.18. The van der Waals surface area contributed by atoms with E-state index in [9.17, 15) is 8.78 Å². The summed E-state index contributed by atoms with van der Waals surface area (Å²) >= 11 is 0. The fourth-order valence-electron chi connectivity index (χ4n) is 1.21. The zero-order valence-electron chi connectivity index (χ0n) is 9.40. The van der Waals surface area contributed by atoms with Crippen LogP contribution in [0, 0.1) is 17.0 Å². The number of anilines is 1. The van der Waals surface area contributed by atoms with E-state index in [1.807, 2.05) is 0 Å². The molecule has 3 heteroatoms. The monoisotopic (exact) mass is 213 g/mol. The van der Waals surface area contributed by atoms with Crippen molar-refractivity contribution in [2.45, 2.75) is 27.2 Å². The summed E-state index contributed by atoms with van der Waals surface area (Å²) in [6, 6.07) is 4.16. The summed E-state index contributed by atoms with van der Waals surface area (Å²) in [7, 11) is 0. The van der Waals surface area contributed by atoms with Gasteiger partial charge < -0.3 is 5.32 Å². The molecule has 1 N–H and O–H groups in total.